The Kier molecular flexibility index (Phi) is 26.7. The Morgan fingerprint density at radius 1 is 0.659 bits per heavy atom. The van der Waals surface area contributed by atoms with E-state index >= 15 is 0 Å². The summed E-state index contributed by atoms with van der Waals surface area (Å²) in [5.41, 5.74) is 0. The number of aliphatic hydroxyl groups is 1. The smallest absolute Gasteiger partial charge is 0.463 e. The molecule has 246 valence electrons. The van der Waals surface area contributed by atoms with E-state index in [-0.39, 0.29) is 19.2 Å². The Bertz CT molecular complexity index is 642. The molecule has 0 aromatic carbocycles. The second kappa shape index (κ2) is 27.1. The van der Waals surface area contributed by atoms with Crippen LogP contribution in [0.2, 0.25) is 0 Å². The molecule has 1 unspecified atom stereocenters. The molecular formula is C32H67NO7P+. The molecule has 0 amide bonds. The van der Waals surface area contributed by atoms with E-state index in [0.29, 0.717) is 17.4 Å². The summed E-state index contributed by atoms with van der Waals surface area (Å²) in [6.07, 6.45) is 26.9. The number of rotatable bonds is 31. The molecule has 0 aliphatic carbocycles. The van der Waals surface area contributed by atoms with Gasteiger partial charge in [0.2, 0.25) is 0 Å². The maximum atomic E-state index is 11.9. The van der Waals surface area contributed by atoms with E-state index in [0.717, 1.165) is 19.3 Å². The Morgan fingerprint density at radius 2 is 1.05 bits per heavy atom. The third-order valence-corrected chi connectivity index (χ3v) is 8.35. The number of phosphoric acid groups is 1. The van der Waals surface area contributed by atoms with Gasteiger partial charge in [-0.2, -0.15) is 0 Å². The number of unbranched alkanes of at least 4 members (excludes halogenated alkanes) is 20. The minimum absolute atomic E-state index is 0.0574. The predicted molar refractivity (Wildman–Crippen MR) is 169 cm³/mol. The Morgan fingerprint density at radius 3 is 1.44 bits per heavy atom. The zero-order valence-corrected chi connectivity index (χ0v) is 28.2. The van der Waals surface area contributed by atoms with Crippen molar-refractivity contribution in [3.05, 3.63) is 0 Å². The molecule has 41 heavy (non-hydrogen) atoms. The van der Waals surface area contributed by atoms with Crippen molar-refractivity contribution in [2.75, 3.05) is 47.5 Å². The monoisotopic (exact) mass is 614 g/mol. The molecule has 0 aromatic rings. The molecule has 0 rings (SSSR count). The maximum Gasteiger partial charge on any atom is 0.472 e. The van der Waals surface area contributed by atoms with E-state index in [1.807, 2.05) is 21.1 Å². The maximum absolute atomic E-state index is 11.9. The minimum Gasteiger partial charge on any atom is -0.463 e. The van der Waals surface area contributed by atoms with Crippen LogP contribution in [0.15, 0.2) is 0 Å². The van der Waals surface area contributed by atoms with Gasteiger partial charge < -0.3 is 19.2 Å². The molecule has 0 heterocycles. The van der Waals surface area contributed by atoms with E-state index < -0.39 is 20.5 Å². The number of quaternary nitrogens is 1. The van der Waals surface area contributed by atoms with E-state index in [1.54, 1.807) is 0 Å². The fraction of sp³-hybridized carbons (Fsp3) is 0.969. The summed E-state index contributed by atoms with van der Waals surface area (Å²) >= 11 is 0. The van der Waals surface area contributed by atoms with E-state index in [4.69, 9.17) is 13.8 Å². The highest BCUT2D eigenvalue weighted by molar-refractivity contribution is 7.47. The van der Waals surface area contributed by atoms with Crippen LogP contribution < -0.4 is 0 Å². The molecule has 2 N–H and O–H groups in total. The molecule has 8 nitrogen and oxygen atoms in total. The summed E-state index contributed by atoms with van der Waals surface area (Å²) < 4.78 is 27.1. The first-order chi connectivity index (χ1) is 19.6. The van der Waals surface area contributed by atoms with Crippen molar-refractivity contribution in [3.8, 4) is 0 Å². The molecule has 0 aromatic heterocycles. The SMILES string of the molecule is CCCCCCCCCCCCCCCCCC[13CH2][13CH2][13CH2][13CH2][13CH2][13C](=O)OC[C@@H](O)COP(=O)(O)OCC[N+](C)(C)C. The number of likely N-dealkylation sites (N-methyl/N-ethyl adjacent to an activating group) is 1. The van der Waals surface area contributed by atoms with Gasteiger partial charge >= 0.3 is 13.8 Å². The highest BCUT2D eigenvalue weighted by Gasteiger charge is 2.24. The summed E-state index contributed by atoms with van der Waals surface area (Å²) in [5, 5.41) is 9.87. The van der Waals surface area contributed by atoms with Crippen LogP contribution in [-0.4, -0.2) is 74.1 Å². The number of esters is 1. The van der Waals surface area contributed by atoms with Crippen molar-refractivity contribution in [2.24, 2.45) is 0 Å². The normalized spacial score (nSPS) is 14.2. The van der Waals surface area contributed by atoms with Crippen LogP contribution in [0.5, 0.6) is 0 Å². The third-order valence-electron chi connectivity index (χ3n) is 7.37. The molecule has 0 spiro atoms. The summed E-state index contributed by atoms with van der Waals surface area (Å²) in [6.45, 7) is 2.16. The predicted octanol–water partition coefficient (Wildman–Crippen LogP) is 8.33. The fourth-order valence-corrected chi connectivity index (χ4v) is 5.41. The quantitative estimate of drug-likeness (QED) is 0.0266. The van der Waals surface area contributed by atoms with Crippen molar-refractivity contribution in [1.82, 2.24) is 0 Å². The van der Waals surface area contributed by atoms with Gasteiger partial charge in [-0.3, -0.25) is 13.8 Å². The molecule has 2 atom stereocenters. The number of phosphoric ester groups is 1. The zero-order valence-electron chi connectivity index (χ0n) is 27.3. The van der Waals surface area contributed by atoms with Gasteiger partial charge in [0.1, 0.15) is 25.9 Å². The Hall–Kier alpha value is -0.500. The van der Waals surface area contributed by atoms with Crippen molar-refractivity contribution in [1.29, 1.82) is 0 Å². The third kappa shape index (κ3) is 32.3. The molecule has 0 saturated heterocycles. The Labute approximate surface area is 253 Å². The second-order valence-electron chi connectivity index (χ2n) is 12.8. The van der Waals surface area contributed by atoms with Crippen molar-refractivity contribution in [3.63, 3.8) is 0 Å². The number of aliphatic hydroxyl groups excluding tert-OH is 1. The highest BCUT2D eigenvalue weighted by Crippen LogP contribution is 2.43. The standard InChI is InChI=1S/C32H66NO7P/c1-5-6-7-8-9-10-11-12-13-14-15-16-17-18-19-20-21-22-23-24-25-26-32(35)38-29-31(34)30-40-41(36,37)39-28-27-33(2,3)4/h31,34H,5-30H2,1-4H3/p+1/t31-/m1/s1/i22+1,23+1,24+1,25+1,26+1,32+1. The zero-order chi connectivity index (χ0) is 30.7. The van der Waals surface area contributed by atoms with E-state index in [1.165, 1.54) is 116 Å². The van der Waals surface area contributed by atoms with Gasteiger partial charge in [0.25, 0.3) is 0 Å². The van der Waals surface area contributed by atoms with Gasteiger partial charge in [0.05, 0.1) is 27.7 Å². The molecule has 0 bridgehead atoms. The van der Waals surface area contributed by atoms with Gasteiger partial charge in [0.15, 0.2) is 0 Å². The summed E-state index contributed by atoms with van der Waals surface area (Å²) in [6, 6.07) is 0. The molecular weight excluding hydrogens is 547 g/mol. The molecule has 0 radical (unpaired) electrons. The number of carbonyl (C=O) groups excluding carboxylic acids is 1. The lowest BCUT2D eigenvalue weighted by Gasteiger charge is -2.24. The highest BCUT2D eigenvalue weighted by atomic mass is 31.2. The number of ether oxygens (including phenoxy) is 1. The fourth-order valence-electron chi connectivity index (χ4n) is 4.66. The minimum atomic E-state index is -4.24. The molecule has 0 fully saturated rings. The lowest BCUT2D eigenvalue weighted by Crippen LogP contribution is -2.37. The van der Waals surface area contributed by atoms with Gasteiger partial charge in [-0.05, 0) is 6.42 Å². The number of nitrogens with zero attached hydrogens (tertiary/aromatic N) is 1. The summed E-state index contributed by atoms with van der Waals surface area (Å²) in [5.74, 6) is -0.367. The van der Waals surface area contributed by atoms with Gasteiger partial charge in [-0.25, -0.2) is 4.57 Å². The van der Waals surface area contributed by atoms with Crippen molar-refractivity contribution in [2.45, 2.75) is 154 Å². The van der Waals surface area contributed by atoms with Crippen molar-refractivity contribution < 1.29 is 37.6 Å². The topological polar surface area (TPSA) is 102 Å². The number of carbonyl (C=O) groups is 1. The van der Waals surface area contributed by atoms with E-state index in [2.05, 4.69) is 6.92 Å². The number of hydrogen-bond donors (Lipinski definition) is 2. The van der Waals surface area contributed by atoms with Crippen LogP contribution in [-0.2, 0) is 23.1 Å². The molecule has 0 aliphatic rings. The second-order valence-corrected chi connectivity index (χ2v) is 14.2. The van der Waals surface area contributed by atoms with Crippen LogP contribution in [0.3, 0.4) is 0 Å². The molecule has 0 aliphatic heterocycles. The van der Waals surface area contributed by atoms with Gasteiger partial charge in [-0.15, -0.1) is 0 Å². The van der Waals surface area contributed by atoms with Gasteiger partial charge in [-0.1, -0.05) is 135 Å². The van der Waals surface area contributed by atoms with Crippen LogP contribution in [0.1, 0.15) is 148 Å². The van der Waals surface area contributed by atoms with Crippen LogP contribution >= 0.6 is 7.82 Å². The first-order valence-corrected chi connectivity index (χ1v) is 18.3. The Balaban J connectivity index is 3.41. The average Bonchev–Trinajstić information content (AvgIpc) is 2.90. The largest absolute Gasteiger partial charge is 0.472 e. The lowest BCUT2D eigenvalue weighted by molar-refractivity contribution is -0.870. The van der Waals surface area contributed by atoms with Crippen LogP contribution in [0, 0.1) is 0 Å². The number of hydrogen-bond acceptors (Lipinski definition) is 6. The molecule has 0 saturated carbocycles. The molecule has 9 heteroatoms. The first-order valence-electron chi connectivity index (χ1n) is 16.8. The average molecular weight is 615 g/mol. The summed E-state index contributed by atoms with van der Waals surface area (Å²) in [7, 11) is 1.57. The lowest BCUT2D eigenvalue weighted by atomic mass is 10.0. The van der Waals surface area contributed by atoms with Crippen molar-refractivity contribution >= 4 is 13.8 Å². The summed E-state index contributed by atoms with van der Waals surface area (Å²) in [4.78, 5) is 21.5. The first kappa shape index (κ1) is 40.5. The van der Waals surface area contributed by atoms with E-state index in [9.17, 15) is 19.4 Å². The van der Waals surface area contributed by atoms with Crippen LogP contribution in [0.4, 0.5) is 0 Å². The van der Waals surface area contributed by atoms with Gasteiger partial charge in [0, 0.05) is 6.42 Å². The van der Waals surface area contributed by atoms with Crippen LogP contribution in [0.25, 0.3) is 0 Å².